The van der Waals surface area contributed by atoms with Crippen molar-refractivity contribution in [1.82, 2.24) is 0 Å². The summed E-state index contributed by atoms with van der Waals surface area (Å²) in [4.78, 5) is 18.0. The fourth-order valence-electron chi connectivity index (χ4n) is 4.57. The fraction of sp³-hybridized carbons (Fsp3) is 0.355. The van der Waals surface area contributed by atoms with Crippen molar-refractivity contribution in [3.05, 3.63) is 107 Å². The lowest BCUT2D eigenvalue weighted by Gasteiger charge is -2.38. The average Bonchev–Trinajstić information content (AvgIpc) is 2.87. The van der Waals surface area contributed by atoms with E-state index in [0.717, 1.165) is 28.0 Å². The van der Waals surface area contributed by atoms with E-state index in [0.29, 0.717) is 24.9 Å². The summed E-state index contributed by atoms with van der Waals surface area (Å²) < 4.78 is 5.42. The molecule has 0 bridgehead atoms. The van der Waals surface area contributed by atoms with E-state index in [-0.39, 0.29) is 5.97 Å². The minimum atomic E-state index is -0.658. The Balaban J connectivity index is 1.99. The van der Waals surface area contributed by atoms with Gasteiger partial charge in [0.15, 0.2) is 6.04 Å². The van der Waals surface area contributed by atoms with Gasteiger partial charge in [-0.1, -0.05) is 113 Å². The SMILES string of the molecule is CCOC(=O)C(Cc1ccc(C(N)(C(C)C)C(C)C)cc1)N=C(c1ccccc1)c1ccccc1. The average molecular weight is 471 g/mol. The van der Waals surface area contributed by atoms with Gasteiger partial charge in [-0.25, -0.2) is 4.79 Å². The van der Waals surface area contributed by atoms with E-state index >= 15 is 0 Å². The topological polar surface area (TPSA) is 64.7 Å². The molecule has 0 aliphatic heterocycles. The number of rotatable bonds is 10. The Morgan fingerprint density at radius 2 is 1.31 bits per heavy atom. The van der Waals surface area contributed by atoms with Crippen molar-refractivity contribution in [2.45, 2.75) is 52.6 Å². The van der Waals surface area contributed by atoms with Crippen LogP contribution in [0.5, 0.6) is 0 Å². The van der Waals surface area contributed by atoms with Crippen LogP contribution in [-0.4, -0.2) is 24.3 Å². The third-order valence-corrected chi connectivity index (χ3v) is 6.73. The van der Waals surface area contributed by atoms with Gasteiger partial charge in [-0.15, -0.1) is 0 Å². The maximum absolute atomic E-state index is 13.0. The number of aliphatic imine (C=N–C) groups is 1. The van der Waals surface area contributed by atoms with Gasteiger partial charge in [0.05, 0.1) is 12.3 Å². The molecule has 2 N–H and O–H groups in total. The van der Waals surface area contributed by atoms with Crippen LogP contribution in [0.2, 0.25) is 0 Å². The molecule has 1 unspecified atom stereocenters. The third kappa shape index (κ3) is 6.26. The van der Waals surface area contributed by atoms with E-state index in [4.69, 9.17) is 15.5 Å². The number of ether oxygens (including phenoxy) is 1. The predicted molar refractivity (Wildman–Crippen MR) is 145 cm³/mol. The number of nitrogens with zero attached hydrogens (tertiary/aromatic N) is 1. The quantitative estimate of drug-likeness (QED) is 0.285. The van der Waals surface area contributed by atoms with Gasteiger partial charge in [-0.3, -0.25) is 4.99 Å². The molecule has 184 valence electrons. The van der Waals surface area contributed by atoms with Gasteiger partial charge in [-0.05, 0) is 29.9 Å². The van der Waals surface area contributed by atoms with Crippen molar-refractivity contribution in [2.75, 3.05) is 6.61 Å². The molecule has 0 fully saturated rings. The first-order valence-electron chi connectivity index (χ1n) is 12.5. The van der Waals surface area contributed by atoms with Crippen molar-refractivity contribution in [2.24, 2.45) is 22.6 Å². The molecule has 0 aliphatic carbocycles. The summed E-state index contributed by atoms with van der Waals surface area (Å²) in [6.07, 6.45) is 0.448. The molecule has 3 aromatic carbocycles. The summed E-state index contributed by atoms with van der Waals surface area (Å²) in [5, 5.41) is 0. The normalized spacial score (nSPS) is 12.5. The van der Waals surface area contributed by atoms with Crippen LogP contribution in [0.25, 0.3) is 0 Å². The molecular formula is C31H38N2O2. The standard InChI is InChI=1S/C31H38N2O2/c1-6-35-30(34)28(21-24-17-19-27(20-18-24)31(32,22(2)3)23(4)5)33-29(25-13-9-7-10-14-25)26-15-11-8-12-16-26/h7-20,22-23,28H,6,21,32H2,1-5H3. The highest BCUT2D eigenvalue weighted by Crippen LogP contribution is 2.34. The lowest BCUT2D eigenvalue weighted by molar-refractivity contribution is -0.144. The molecule has 0 aromatic heterocycles. The summed E-state index contributed by atoms with van der Waals surface area (Å²) in [5.41, 5.74) is 11.3. The zero-order valence-electron chi connectivity index (χ0n) is 21.6. The minimum absolute atomic E-state index is 0.296. The van der Waals surface area contributed by atoms with Crippen molar-refractivity contribution in [3.8, 4) is 0 Å². The molecule has 0 radical (unpaired) electrons. The van der Waals surface area contributed by atoms with E-state index in [2.05, 4.69) is 52.0 Å². The van der Waals surface area contributed by atoms with Crippen LogP contribution in [0.15, 0.2) is 89.9 Å². The number of carbonyl (C=O) groups excluding carboxylic acids is 1. The van der Waals surface area contributed by atoms with Gasteiger partial charge in [0.25, 0.3) is 0 Å². The van der Waals surface area contributed by atoms with E-state index in [1.807, 2.05) is 67.6 Å². The highest BCUT2D eigenvalue weighted by molar-refractivity contribution is 6.13. The van der Waals surface area contributed by atoms with E-state index < -0.39 is 11.6 Å². The zero-order valence-corrected chi connectivity index (χ0v) is 21.6. The molecule has 3 rings (SSSR count). The molecule has 0 spiro atoms. The highest BCUT2D eigenvalue weighted by Gasteiger charge is 2.34. The Kier molecular flexibility index (Phi) is 9.00. The molecule has 0 amide bonds. The lowest BCUT2D eigenvalue weighted by Crippen LogP contribution is -2.46. The second kappa shape index (κ2) is 11.9. The number of hydrogen-bond acceptors (Lipinski definition) is 4. The summed E-state index contributed by atoms with van der Waals surface area (Å²) in [7, 11) is 0. The molecule has 4 heteroatoms. The minimum Gasteiger partial charge on any atom is -0.464 e. The molecule has 0 aliphatic rings. The van der Waals surface area contributed by atoms with Crippen LogP contribution in [0.1, 0.15) is 56.9 Å². The Labute approximate surface area is 210 Å². The van der Waals surface area contributed by atoms with Gasteiger partial charge in [0.2, 0.25) is 0 Å². The Morgan fingerprint density at radius 1 is 0.829 bits per heavy atom. The molecular weight excluding hydrogens is 432 g/mol. The first-order valence-corrected chi connectivity index (χ1v) is 12.5. The zero-order chi connectivity index (χ0) is 25.4. The predicted octanol–water partition coefficient (Wildman–Crippen LogP) is 6.16. The van der Waals surface area contributed by atoms with E-state index in [1.165, 1.54) is 0 Å². The second-order valence-corrected chi connectivity index (χ2v) is 9.62. The van der Waals surface area contributed by atoms with Crippen LogP contribution in [0, 0.1) is 11.8 Å². The number of esters is 1. The fourth-order valence-corrected chi connectivity index (χ4v) is 4.57. The maximum atomic E-state index is 13.0. The highest BCUT2D eigenvalue weighted by atomic mass is 16.5. The monoisotopic (exact) mass is 470 g/mol. The number of hydrogen-bond donors (Lipinski definition) is 1. The van der Waals surface area contributed by atoms with Crippen LogP contribution in [-0.2, 0) is 21.5 Å². The first-order chi connectivity index (χ1) is 16.8. The largest absolute Gasteiger partial charge is 0.464 e. The Hall–Kier alpha value is -3.24. The van der Waals surface area contributed by atoms with Crippen molar-refractivity contribution in [1.29, 1.82) is 0 Å². The van der Waals surface area contributed by atoms with Crippen LogP contribution in [0.3, 0.4) is 0 Å². The summed E-state index contributed by atoms with van der Waals surface area (Å²) in [6, 6.07) is 27.6. The second-order valence-electron chi connectivity index (χ2n) is 9.62. The summed E-state index contributed by atoms with van der Waals surface area (Å²) in [6.45, 7) is 10.8. The molecule has 4 nitrogen and oxygen atoms in total. The first kappa shape index (κ1) is 26.4. The number of nitrogens with two attached hydrogens (primary N) is 1. The number of carbonyl (C=O) groups is 1. The van der Waals surface area contributed by atoms with Gasteiger partial charge >= 0.3 is 5.97 Å². The van der Waals surface area contributed by atoms with Gasteiger partial charge in [0, 0.05) is 23.1 Å². The van der Waals surface area contributed by atoms with Crippen molar-refractivity contribution >= 4 is 11.7 Å². The van der Waals surface area contributed by atoms with Crippen LogP contribution < -0.4 is 5.73 Å². The van der Waals surface area contributed by atoms with Crippen molar-refractivity contribution in [3.63, 3.8) is 0 Å². The smallest absolute Gasteiger partial charge is 0.331 e. The summed E-state index contributed by atoms with van der Waals surface area (Å²) in [5.74, 6) is 0.271. The molecule has 0 heterocycles. The maximum Gasteiger partial charge on any atom is 0.331 e. The summed E-state index contributed by atoms with van der Waals surface area (Å²) >= 11 is 0. The molecule has 1 atom stereocenters. The van der Waals surface area contributed by atoms with Crippen LogP contribution >= 0.6 is 0 Å². The van der Waals surface area contributed by atoms with E-state index in [1.54, 1.807) is 0 Å². The molecule has 0 saturated heterocycles. The van der Waals surface area contributed by atoms with Gasteiger partial charge in [0.1, 0.15) is 0 Å². The molecule has 0 saturated carbocycles. The van der Waals surface area contributed by atoms with Crippen LogP contribution in [0.4, 0.5) is 0 Å². The Bertz CT molecular complexity index is 1050. The van der Waals surface area contributed by atoms with E-state index in [9.17, 15) is 4.79 Å². The third-order valence-electron chi connectivity index (χ3n) is 6.73. The van der Waals surface area contributed by atoms with Crippen molar-refractivity contribution < 1.29 is 9.53 Å². The van der Waals surface area contributed by atoms with Gasteiger partial charge < -0.3 is 10.5 Å². The lowest BCUT2D eigenvalue weighted by atomic mass is 9.72. The van der Waals surface area contributed by atoms with Gasteiger partial charge in [-0.2, -0.15) is 0 Å². The Morgan fingerprint density at radius 3 is 1.74 bits per heavy atom. The molecule has 3 aromatic rings. The molecule has 35 heavy (non-hydrogen) atoms. The number of benzene rings is 3.